The average Bonchev–Trinajstić information content (AvgIpc) is 2.17. The van der Waals surface area contributed by atoms with Crippen molar-refractivity contribution in [2.24, 2.45) is 0 Å². The van der Waals surface area contributed by atoms with Gasteiger partial charge >= 0.3 is 7.60 Å². The van der Waals surface area contributed by atoms with E-state index in [1.54, 1.807) is 12.1 Å². The molecule has 0 fully saturated rings. The zero-order valence-electron chi connectivity index (χ0n) is 8.00. The molecule has 1 aromatic rings. The van der Waals surface area contributed by atoms with Crippen LogP contribution in [0.4, 0.5) is 0 Å². The average molecular weight is 267 g/mol. The summed E-state index contributed by atoms with van der Waals surface area (Å²) in [6, 6.07) is 4.56. The van der Waals surface area contributed by atoms with Crippen molar-refractivity contribution in [1.82, 2.24) is 4.98 Å². The van der Waals surface area contributed by atoms with Gasteiger partial charge in [0.15, 0.2) is 0 Å². The molecule has 0 radical (unpaired) electrons. The maximum absolute atomic E-state index is 11.0. The first-order valence-electron chi connectivity index (χ1n) is 4.13. The SMILES string of the molecule is O=P(O)(O)C(O)(Cc1ccccn1)P(O)O. The van der Waals surface area contributed by atoms with Crippen LogP contribution in [0.25, 0.3) is 0 Å². The van der Waals surface area contributed by atoms with Crippen molar-refractivity contribution in [3.8, 4) is 0 Å². The van der Waals surface area contributed by atoms with Gasteiger partial charge in [0.25, 0.3) is 0 Å². The quantitative estimate of drug-likeness (QED) is 0.475. The third kappa shape index (κ3) is 2.84. The van der Waals surface area contributed by atoms with Crippen LogP contribution in [-0.2, 0) is 11.0 Å². The molecule has 1 aromatic heterocycles. The van der Waals surface area contributed by atoms with Gasteiger partial charge in [0.2, 0.25) is 13.5 Å². The number of pyridine rings is 1. The molecular formula is C7H11NO6P2. The first-order valence-corrected chi connectivity index (χ1v) is 6.99. The van der Waals surface area contributed by atoms with Crippen LogP contribution in [-0.4, -0.2) is 34.7 Å². The predicted molar refractivity (Wildman–Crippen MR) is 56.3 cm³/mol. The van der Waals surface area contributed by atoms with Crippen LogP contribution < -0.4 is 0 Å². The van der Waals surface area contributed by atoms with Crippen molar-refractivity contribution in [1.29, 1.82) is 0 Å². The number of hydrogen-bond donors (Lipinski definition) is 5. The molecule has 1 heterocycles. The van der Waals surface area contributed by atoms with E-state index in [2.05, 4.69) is 4.98 Å². The first-order chi connectivity index (χ1) is 7.27. The molecule has 0 aliphatic heterocycles. The molecule has 0 spiro atoms. The second-order valence-corrected chi connectivity index (χ2v) is 6.61. The van der Waals surface area contributed by atoms with Crippen molar-refractivity contribution in [2.45, 2.75) is 11.5 Å². The fourth-order valence-corrected chi connectivity index (χ4v) is 2.64. The highest BCUT2D eigenvalue weighted by Gasteiger charge is 2.52. The molecule has 16 heavy (non-hydrogen) atoms. The zero-order valence-corrected chi connectivity index (χ0v) is 9.79. The topological polar surface area (TPSA) is 131 Å². The lowest BCUT2D eigenvalue weighted by atomic mass is 10.3. The lowest BCUT2D eigenvalue weighted by Gasteiger charge is -2.28. The summed E-state index contributed by atoms with van der Waals surface area (Å²) in [6.07, 6.45) is 0.739. The highest BCUT2D eigenvalue weighted by Crippen LogP contribution is 2.64. The van der Waals surface area contributed by atoms with Gasteiger partial charge in [-0.05, 0) is 12.1 Å². The standard InChI is InChI=1S/C7H11NO6P2/c9-7(15(10)11,16(12,13)14)5-6-3-1-2-4-8-6/h1-4,9-11H,5H2,(H2,12,13,14). The van der Waals surface area contributed by atoms with E-state index in [9.17, 15) is 9.67 Å². The lowest BCUT2D eigenvalue weighted by Crippen LogP contribution is -2.29. The molecule has 0 aromatic carbocycles. The molecule has 0 saturated carbocycles. The van der Waals surface area contributed by atoms with Crippen LogP contribution in [0, 0.1) is 0 Å². The second-order valence-electron chi connectivity index (χ2n) is 3.11. The molecule has 5 N–H and O–H groups in total. The minimum atomic E-state index is -5.06. The van der Waals surface area contributed by atoms with E-state index in [1.807, 2.05) is 0 Å². The molecule has 1 atom stereocenters. The summed E-state index contributed by atoms with van der Waals surface area (Å²) in [4.78, 5) is 39.4. The van der Waals surface area contributed by atoms with Gasteiger partial charge in [-0.25, -0.2) is 0 Å². The van der Waals surface area contributed by atoms with Crippen LogP contribution >= 0.6 is 16.0 Å². The highest BCUT2D eigenvalue weighted by atomic mass is 31.2. The third-order valence-corrected chi connectivity index (χ3v) is 5.14. The monoisotopic (exact) mass is 267 g/mol. The van der Waals surface area contributed by atoms with Crippen LogP contribution in [0.15, 0.2) is 24.4 Å². The Kier molecular flexibility index (Phi) is 4.15. The number of aliphatic hydroxyl groups is 1. The van der Waals surface area contributed by atoms with E-state index < -0.39 is 27.5 Å². The van der Waals surface area contributed by atoms with E-state index in [0.717, 1.165) is 0 Å². The van der Waals surface area contributed by atoms with Crippen molar-refractivity contribution >= 4 is 16.0 Å². The minimum Gasteiger partial charge on any atom is -0.370 e. The molecule has 0 saturated heterocycles. The number of aromatic nitrogens is 1. The van der Waals surface area contributed by atoms with Gasteiger partial charge in [0, 0.05) is 18.3 Å². The Hall–Kier alpha value is -0.390. The fourth-order valence-electron chi connectivity index (χ4n) is 1.04. The summed E-state index contributed by atoms with van der Waals surface area (Å²) in [7, 11) is -8.27. The van der Waals surface area contributed by atoms with E-state index in [4.69, 9.17) is 19.6 Å². The molecule has 1 unspecified atom stereocenters. The molecule has 1 rings (SSSR count). The largest absolute Gasteiger partial charge is 0.370 e. The Morgan fingerprint density at radius 1 is 1.38 bits per heavy atom. The van der Waals surface area contributed by atoms with E-state index >= 15 is 0 Å². The van der Waals surface area contributed by atoms with Gasteiger partial charge in [0.05, 0.1) is 0 Å². The number of hydrogen-bond acceptors (Lipinski definition) is 5. The smallest absolute Gasteiger partial charge is 0.366 e. The Balaban J connectivity index is 3.03. The second kappa shape index (κ2) is 4.85. The van der Waals surface area contributed by atoms with E-state index in [1.165, 1.54) is 12.3 Å². The van der Waals surface area contributed by atoms with E-state index in [-0.39, 0.29) is 5.69 Å². The van der Waals surface area contributed by atoms with Gasteiger partial charge in [-0.3, -0.25) is 9.55 Å². The molecule has 0 bridgehead atoms. The van der Waals surface area contributed by atoms with Gasteiger partial charge in [0.1, 0.15) is 0 Å². The van der Waals surface area contributed by atoms with Crippen LogP contribution in [0.1, 0.15) is 5.69 Å². The van der Waals surface area contributed by atoms with Crippen molar-refractivity contribution in [3.63, 3.8) is 0 Å². The summed E-state index contributed by atoms with van der Waals surface area (Å²) in [5.41, 5.74) is 0.156. The molecule has 0 amide bonds. The first kappa shape index (κ1) is 13.7. The maximum Gasteiger partial charge on any atom is 0.366 e. The summed E-state index contributed by atoms with van der Waals surface area (Å²) >= 11 is 0. The highest BCUT2D eigenvalue weighted by molar-refractivity contribution is 7.69. The van der Waals surface area contributed by atoms with E-state index in [0.29, 0.717) is 0 Å². The third-order valence-electron chi connectivity index (χ3n) is 1.93. The summed E-state index contributed by atoms with van der Waals surface area (Å²) < 4.78 is 11.0. The molecule has 90 valence electrons. The summed E-state index contributed by atoms with van der Waals surface area (Å²) in [6.45, 7) is 0. The Morgan fingerprint density at radius 3 is 2.38 bits per heavy atom. The normalized spacial score (nSPS) is 16.1. The fraction of sp³-hybridized carbons (Fsp3) is 0.286. The molecule has 0 aliphatic carbocycles. The van der Waals surface area contributed by atoms with Crippen molar-refractivity contribution in [3.05, 3.63) is 30.1 Å². The molecule has 9 heteroatoms. The molecule has 7 nitrogen and oxygen atoms in total. The van der Waals surface area contributed by atoms with Crippen LogP contribution in [0.5, 0.6) is 0 Å². The molecule has 0 aliphatic rings. The maximum atomic E-state index is 11.0. The van der Waals surface area contributed by atoms with Gasteiger partial charge in [-0.15, -0.1) is 0 Å². The Bertz CT molecular complexity index is 393. The summed E-state index contributed by atoms with van der Waals surface area (Å²) in [5, 5.41) is 6.73. The van der Waals surface area contributed by atoms with Gasteiger partial charge in [-0.1, -0.05) is 6.07 Å². The Morgan fingerprint density at radius 2 is 2.00 bits per heavy atom. The van der Waals surface area contributed by atoms with Crippen molar-refractivity contribution in [2.75, 3.05) is 0 Å². The van der Waals surface area contributed by atoms with Crippen molar-refractivity contribution < 1.29 is 29.2 Å². The van der Waals surface area contributed by atoms with Crippen LogP contribution in [0.2, 0.25) is 0 Å². The lowest BCUT2D eigenvalue weighted by molar-refractivity contribution is 0.146. The predicted octanol–water partition coefficient (Wildman–Crippen LogP) is -0.256. The number of rotatable bonds is 4. The Labute approximate surface area is 92.5 Å². The zero-order chi connectivity index (χ0) is 12.4. The van der Waals surface area contributed by atoms with Gasteiger partial charge < -0.3 is 24.7 Å². The summed E-state index contributed by atoms with van der Waals surface area (Å²) in [5.74, 6) is 0. The van der Waals surface area contributed by atoms with Gasteiger partial charge in [-0.2, -0.15) is 0 Å². The number of nitrogens with zero attached hydrogens (tertiary/aromatic N) is 1. The van der Waals surface area contributed by atoms with Crippen LogP contribution in [0.3, 0.4) is 0 Å². The molecular weight excluding hydrogens is 256 g/mol. The minimum absolute atomic E-state index is 0.156.